The van der Waals surface area contributed by atoms with Gasteiger partial charge in [-0.2, -0.15) is 4.31 Å². The summed E-state index contributed by atoms with van der Waals surface area (Å²) in [7, 11) is -2.17. The van der Waals surface area contributed by atoms with Crippen molar-refractivity contribution < 1.29 is 13.2 Å². The van der Waals surface area contributed by atoms with Crippen molar-refractivity contribution in [1.29, 1.82) is 0 Å². The first-order valence-electron chi connectivity index (χ1n) is 8.48. The predicted octanol–water partition coefficient (Wildman–Crippen LogP) is 1.30. The summed E-state index contributed by atoms with van der Waals surface area (Å²) in [6.45, 7) is 4.38. The molecule has 0 saturated carbocycles. The third kappa shape index (κ3) is 4.55. The molecule has 1 heterocycles. The molecular weight excluding hydrogens is 326 g/mol. The number of hydrogen-bond acceptors (Lipinski definition) is 4. The molecule has 1 aromatic carbocycles. The Morgan fingerprint density at radius 3 is 2.42 bits per heavy atom. The number of carbonyl (C=O) groups excluding carboxylic acids is 1. The maximum Gasteiger partial charge on any atom is 0.243 e. The summed E-state index contributed by atoms with van der Waals surface area (Å²) < 4.78 is 26.3. The quantitative estimate of drug-likeness (QED) is 0.802. The van der Waals surface area contributed by atoms with E-state index in [0.717, 1.165) is 36.7 Å². The van der Waals surface area contributed by atoms with Gasteiger partial charge in [0.1, 0.15) is 0 Å². The molecule has 0 spiro atoms. The third-order valence-electron chi connectivity index (χ3n) is 4.34. The number of hydrogen-bond donors (Lipinski definition) is 1. The van der Waals surface area contributed by atoms with Crippen molar-refractivity contribution >= 4 is 15.9 Å². The second-order valence-corrected chi connectivity index (χ2v) is 8.19. The van der Waals surface area contributed by atoms with Crippen molar-refractivity contribution in [3.8, 4) is 0 Å². The molecule has 6 nitrogen and oxygen atoms in total. The fourth-order valence-corrected chi connectivity index (χ4v) is 4.15. The van der Waals surface area contributed by atoms with Crippen LogP contribution in [0.3, 0.4) is 0 Å². The van der Waals surface area contributed by atoms with Crippen LogP contribution >= 0.6 is 0 Å². The zero-order valence-corrected chi connectivity index (χ0v) is 15.3. The van der Waals surface area contributed by atoms with E-state index >= 15 is 0 Å². The molecule has 1 aromatic rings. The molecule has 0 unspecified atom stereocenters. The van der Waals surface area contributed by atoms with Crippen LogP contribution < -0.4 is 5.32 Å². The highest BCUT2D eigenvalue weighted by Gasteiger charge is 2.28. The van der Waals surface area contributed by atoms with Crippen LogP contribution in [0.4, 0.5) is 0 Å². The van der Waals surface area contributed by atoms with E-state index in [0.29, 0.717) is 6.54 Å². The standard InChI is InChI=1S/C17H27N3O3S/c1-3-13-20(15-9-11-18-12-10-15)17(21)14-19(2)24(22,23)16-7-5-4-6-8-16/h4-8,15,18H,3,9-14H2,1-2H3. The van der Waals surface area contributed by atoms with Crippen molar-refractivity contribution in [1.82, 2.24) is 14.5 Å². The molecule has 0 aromatic heterocycles. The number of benzene rings is 1. The summed E-state index contributed by atoms with van der Waals surface area (Å²) >= 11 is 0. The van der Waals surface area contributed by atoms with E-state index < -0.39 is 10.0 Å². The SMILES string of the molecule is CCCN(C(=O)CN(C)S(=O)(=O)c1ccccc1)C1CCNCC1. The van der Waals surface area contributed by atoms with E-state index in [-0.39, 0.29) is 23.4 Å². The van der Waals surface area contributed by atoms with Crippen LogP contribution in [0.15, 0.2) is 35.2 Å². The molecule has 0 aliphatic carbocycles. The topological polar surface area (TPSA) is 69.7 Å². The minimum Gasteiger partial charge on any atom is -0.338 e. The Kier molecular flexibility index (Phi) is 6.77. The first kappa shape index (κ1) is 18.9. The van der Waals surface area contributed by atoms with Gasteiger partial charge in [-0.25, -0.2) is 8.42 Å². The van der Waals surface area contributed by atoms with Crippen molar-refractivity contribution in [2.75, 3.05) is 33.2 Å². The van der Waals surface area contributed by atoms with Gasteiger partial charge in [0, 0.05) is 19.6 Å². The van der Waals surface area contributed by atoms with Gasteiger partial charge < -0.3 is 10.2 Å². The molecule has 1 N–H and O–H groups in total. The Bertz CT molecular complexity index is 628. The minimum atomic E-state index is -3.64. The van der Waals surface area contributed by atoms with Gasteiger partial charge in [-0.1, -0.05) is 25.1 Å². The van der Waals surface area contributed by atoms with Gasteiger partial charge in [-0.15, -0.1) is 0 Å². The van der Waals surface area contributed by atoms with Crippen molar-refractivity contribution in [3.63, 3.8) is 0 Å². The van der Waals surface area contributed by atoms with E-state index in [1.807, 2.05) is 11.8 Å². The molecule has 0 radical (unpaired) electrons. The van der Waals surface area contributed by atoms with E-state index in [1.165, 1.54) is 7.05 Å². The molecule has 1 amide bonds. The molecule has 134 valence electrons. The fraction of sp³-hybridized carbons (Fsp3) is 0.588. The maximum atomic E-state index is 12.7. The number of piperidine rings is 1. The van der Waals surface area contributed by atoms with Gasteiger partial charge in [-0.3, -0.25) is 4.79 Å². The minimum absolute atomic E-state index is 0.120. The number of amides is 1. The second kappa shape index (κ2) is 8.60. The molecule has 0 bridgehead atoms. The average Bonchev–Trinajstić information content (AvgIpc) is 2.61. The predicted molar refractivity (Wildman–Crippen MR) is 94.2 cm³/mol. The highest BCUT2D eigenvalue weighted by molar-refractivity contribution is 7.89. The van der Waals surface area contributed by atoms with Gasteiger partial charge in [0.05, 0.1) is 11.4 Å². The van der Waals surface area contributed by atoms with Crippen LogP contribution in [0, 0.1) is 0 Å². The number of nitrogens with zero attached hydrogens (tertiary/aromatic N) is 2. The summed E-state index contributed by atoms with van der Waals surface area (Å²) in [5.41, 5.74) is 0. The van der Waals surface area contributed by atoms with Crippen LogP contribution in [0.25, 0.3) is 0 Å². The number of rotatable bonds is 7. The average molecular weight is 353 g/mol. The lowest BCUT2D eigenvalue weighted by molar-refractivity contribution is -0.134. The zero-order valence-electron chi connectivity index (χ0n) is 14.4. The number of carbonyl (C=O) groups is 1. The number of likely N-dealkylation sites (N-methyl/N-ethyl adjacent to an activating group) is 1. The maximum absolute atomic E-state index is 12.7. The van der Waals surface area contributed by atoms with E-state index in [9.17, 15) is 13.2 Å². The first-order valence-corrected chi connectivity index (χ1v) is 9.92. The summed E-state index contributed by atoms with van der Waals surface area (Å²) in [5, 5.41) is 3.29. The molecule has 2 rings (SSSR count). The molecule has 7 heteroatoms. The molecule has 1 aliphatic heterocycles. The van der Waals surface area contributed by atoms with Crippen LogP contribution in [-0.4, -0.2) is 62.8 Å². The molecule has 1 fully saturated rings. The summed E-state index contributed by atoms with van der Waals surface area (Å²) in [6, 6.07) is 8.43. The van der Waals surface area contributed by atoms with Gasteiger partial charge in [0.15, 0.2) is 0 Å². The lowest BCUT2D eigenvalue weighted by atomic mass is 10.0. The summed E-state index contributed by atoms with van der Waals surface area (Å²) in [5.74, 6) is -0.120. The largest absolute Gasteiger partial charge is 0.338 e. The van der Waals surface area contributed by atoms with Crippen LogP contribution in [-0.2, 0) is 14.8 Å². The Hall–Kier alpha value is -1.44. The summed E-state index contributed by atoms with van der Waals surface area (Å²) in [6.07, 6.45) is 2.70. The van der Waals surface area contributed by atoms with Gasteiger partial charge in [-0.05, 0) is 44.5 Å². The van der Waals surface area contributed by atoms with E-state index in [2.05, 4.69) is 5.32 Å². The Morgan fingerprint density at radius 2 is 1.83 bits per heavy atom. The van der Waals surface area contributed by atoms with Crippen molar-refractivity contribution in [3.05, 3.63) is 30.3 Å². The highest BCUT2D eigenvalue weighted by atomic mass is 32.2. The monoisotopic (exact) mass is 353 g/mol. The normalized spacial score (nSPS) is 16.3. The smallest absolute Gasteiger partial charge is 0.243 e. The highest BCUT2D eigenvalue weighted by Crippen LogP contribution is 2.16. The molecular formula is C17H27N3O3S. The van der Waals surface area contributed by atoms with Crippen molar-refractivity contribution in [2.24, 2.45) is 0 Å². The molecule has 1 aliphatic rings. The van der Waals surface area contributed by atoms with E-state index in [1.54, 1.807) is 30.3 Å². The van der Waals surface area contributed by atoms with Crippen LogP contribution in [0.1, 0.15) is 26.2 Å². The third-order valence-corrected chi connectivity index (χ3v) is 6.16. The van der Waals surface area contributed by atoms with E-state index in [4.69, 9.17) is 0 Å². The van der Waals surface area contributed by atoms with Gasteiger partial charge in [0.2, 0.25) is 15.9 Å². The second-order valence-electron chi connectivity index (χ2n) is 6.14. The van der Waals surface area contributed by atoms with Crippen LogP contribution in [0.2, 0.25) is 0 Å². The lowest BCUT2D eigenvalue weighted by Gasteiger charge is -2.35. The number of sulfonamides is 1. The Balaban J connectivity index is 2.08. The molecule has 24 heavy (non-hydrogen) atoms. The zero-order chi connectivity index (χ0) is 17.6. The lowest BCUT2D eigenvalue weighted by Crippen LogP contribution is -2.49. The first-order chi connectivity index (χ1) is 11.5. The van der Waals surface area contributed by atoms with Crippen molar-refractivity contribution in [2.45, 2.75) is 37.1 Å². The Morgan fingerprint density at radius 1 is 1.21 bits per heavy atom. The molecule has 1 saturated heterocycles. The number of nitrogens with one attached hydrogen (secondary N) is 1. The molecule has 0 atom stereocenters. The van der Waals surface area contributed by atoms with Crippen LogP contribution in [0.5, 0.6) is 0 Å². The van der Waals surface area contributed by atoms with Gasteiger partial charge in [0.25, 0.3) is 0 Å². The fourth-order valence-electron chi connectivity index (χ4n) is 3.01. The van der Waals surface area contributed by atoms with Gasteiger partial charge >= 0.3 is 0 Å². The Labute approximate surface area is 144 Å². The summed E-state index contributed by atoms with van der Waals surface area (Å²) in [4.78, 5) is 14.8.